The lowest BCUT2D eigenvalue weighted by Crippen LogP contribution is -2.58. The number of carboxylic acid groups (broad SMARTS) is 1. The molecule has 0 unspecified atom stereocenters. The Morgan fingerprint density at radius 3 is 2.87 bits per heavy atom. The Bertz CT molecular complexity index is 375. The summed E-state index contributed by atoms with van der Waals surface area (Å²) >= 11 is 1.42. The van der Waals surface area contributed by atoms with Gasteiger partial charge in [0.2, 0.25) is 5.16 Å². The fourth-order valence-electron chi connectivity index (χ4n) is 1.41. The first-order valence-electron chi connectivity index (χ1n) is 4.45. The summed E-state index contributed by atoms with van der Waals surface area (Å²) in [6, 6.07) is 0. The zero-order valence-corrected chi connectivity index (χ0v) is 8.99. The molecule has 8 heteroatoms. The molecule has 1 aromatic heterocycles. The molecule has 1 aliphatic rings. The molecule has 7 nitrogen and oxygen atoms in total. The standard InChI is InChI=1S/C7H11N5O2S/c1-12-6(9-10-11-12)15-7(2-5(13)14)3-8-4-7/h8H,2-4H2,1H3,(H,13,14). The van der Waals surface area contributed by atoms with E-state index in [0.717, 1.165) is 0 Å². The Morgan fingerprint density at radius 1 is 1.73 bits per heavy atom. The third kappa shape index (κ3) is 2.10. The summed E-state index contributed by atoms with van der Waals surface area (Å²) in [7, 11) is 1.74. The number of tetrazole rings is 1. The van der Waals surface area contributed by atoms with Crippen LogP contribution in [-0.4, -0.2) is 49.1 Å². The summed E-state index contributed by atoms with van der Waals surface area (Å²) in [5.74, 6) is -0.792. The number of carbonyl (C=O) groups is 1. The number of hydrogen-bond acceptors (Lipinski definition) is 6. The van der Waals surface area contributed by atoms with Crippen LogP contribution in [-0.2, 0) is 11.8 Å². The molecule has 1 saturated heterocycles. The molecule has 1 fully saturated rings. The van der Waals surface area contributed by atoms with Crippen molar-refractivity contribution in [3.05, 3.63) is 0 Å². The highest BCUT2D eigenvalue weighted by atomic mass is 32.2. The van der Waals surface area contributed by atoms with Gasteiger partial charge in [0.05, 0.1) is 11.2 Å². The third-order valence-corrected chi connectivity index (χ3v) is 3.65. The largest absolute Gasteiger partial charge is 0.481 e. The van der Waals surface area contributed by atoms with Crippen LogP contribution in [0, 0.1) is 0 Å². The van der Waals surface area contributed by atoms with Crippen molar-refractivity contribution < 1.29 is 9.90 Å². The van der Waals surface area contributed by atoms with Crippen LogP contribution in [0.4, 0.5) is 0 Å². The molecular weight excluding hydrogens is 218 g/mol. The maximum Gasteiger partial charge on any atom is 0.304 e. The number of nitrogens with one attached hydrogen (secondary N) is 1. The van der Waals surface area contributed by atoms with Crippen LogP contribution < -0.4 is 5.32 Å². The Hall–Kier alpha value is -1.15. The molecule has 82 valence electrons. The number of hydrogen-bond donors (Lipinski definition) is 2. The van der Waals surface area contributed by atoms with E-state index in [4.69, 9.17) is 5.11 Å². The summed E-state index contributed by atoms with van der Waals surface area (Å²) in [6.45, 7) is 1.35. The first-order valence-corrected chi connectivity index (χ1v) is 5.27. The lowest BCUT2D eigenvalue weighted by atomic mass is 9.98. The van der Waals surface area contributed by atoms with E-state index in [2.05, 4.69) is 20.8 Å². The van der Waals surface area contributed by atoms with Gasteiger partial charge in [-0.3, -0.25) is 4.79 Å². The number of aliphatic carboxylic acids is 1. The molecule has 1 aromatic rings. The van der Waals surface area contributed by atoms with E-state index in [9.17, 15) is 4.79 Å². The fourth-order valence-corrected chi connectivity index (χ4v) is 2.59. The lowest BCUT2D eigenvalue weighted by molar-refractivity contribution is -0.138. The Labute approximate surface area is 90.2 Å². The van der Waals surface area contributed by atoms with Crippen molar-refractivity contribution in [3.8, 4) is 0 Å². The highest BCUT2D eigenvalue weighted by molar-refractivity contribution is 8.00. The van der Waals surface area contributed by atoms with E-state index in [1.165, 1.54) is 11.8 Å². The first-order chi connectivity index (χ1) is 7.11. The molecule has 0 spiro atoms. The highest BCUT2D eigenvalue weighted by Gasteiger charge is 2.41. The Morgan fingerprint density at radius 2 is 2.47 bits per heavy atom. The number of carboxylic acids is 1. The molecule has 0 bridgehead atoms. The van der Waals surface area contributed by atoms with Gasteiger partial charge in [0.25, 0.3) is 0 Å². The second-order valence-corrected chi connectivity index (χ2v) is 4.98. The van der Waals surface area contributed by atoms with Crippen molar-refractivity contribution in [1.29, 1.82) is 0 Å². The second kappa shape index (κ2) is 3.78. The number of aryl methyl sites for hydroxylation is 1. The maximum absolute atomic E-state index is 10.7. The van der Waals surface area contributed by atoms with E-state index in [1.807, 2.05) is 0 Å². The molecule has 0 radical (unpaired) electrons. The average molecular weight is 229 g/mol. The van der Waals surface area contributed by atoms with E-state index >= 15 is 0 Å². The first kappa shape index (κ1) is 10.4. The SMILES string of the molecule is Cn1nnnc1SC1(CC(=O)O)CNC1. The molecule has 1 aliphatic heterocycles. The zero-order chi connectivity index (χ0) is 10.9. The minimum atomic E-state index is -0.792. The van der Waals surface area contributed by atoms with Gasteiger partial charge in [-0.05, 0) is 10.4 Å². The van der Waals surface area contributed by atoms with E-state index in [-0.39, 0.29) is 11.2 Å². The fraction of sp³-hybridized carbons (Fsp3) is 0.714. The maximum atomic E-state index is 10.7. The van der Waals surface area contributed by atoms with Crippen molar-refractivity contribution in [2.24, 2.45) is 7.05 Å². The van der Waals surface area contributed by atoms with Gasteiger partial charge in [0.1, 0.15) is 0 Å². The smallest absolute Gasteiger partial charge is 0.304 e. The predicted octanol–water partition coefficient (Wildman–Crippen LogP) is -0.881. The molecular formula is C7H11N5O2S. The minimum Gasteiger partial charge on any atom is -0.481 e. The van der Waals surface area contributed by atoms with Gasteiger partial charge >= 0.3 is 5.97 Å². The van der Waals surface area contributed by atoms with Gasteiger partial charge in [0.15, 0.2) is 0 Å². The van der Waals surface area contributed by atoms with Gasteiger partial charge in [-0.25, -0.2) is 4.68 Å². The molecule has 2 heterocycles. The molecule has 2 N–H and O–H groups in total. The van der Waals surface area contributed by atoms with Gasteiger partial charge in [-0.1, -0.05) is 11.8 Å². The summed E-state index contributed by atoms with van der Waals surface area (Å²) in [6.07, 6.45) is 0.123. The number of nitrogens with zero attached hydrogens (tertiary/aromatic N) is 4. The van der Waals surface area contributed by atoms with Crippen molar-refractivity contribution in [2.45, 2.75) is 16.3 Å². The van der Waals surface area contributed by atoms with Gasteiger partial charge in [0, 0.05) is 20.1 Å². The summed E-state index contributed by atoms with van der Waals surface area (Å²) in [5.41, 5.74) is 0. The molecule has 0 atom stereocenters. The van der Waals surface area contributed by atoms with Crippen molar-refractivity contribution >= 4 is 17.7 Å². The lowest BCUT2D eigenvalue weighted by Gasteiger charge is -2.40. The molecule has 15 heavy (non-hydrogen) atoms. The van der Waals surface area contributed by atoms with Crippen LogP contribution >= 0.6 is 11.8 Å². The molecule has 0 aliphatic carbocycles. The van der Waals surface area contributed by atoms with Crippen LogP contribution in [0.3, 0.4) is 0 Å². The number of aromatic nitrogens is 4. The molecule has 0 aromatic carbocycles. The van der Waals surface area contributed by atoms with Gasteiger partial charge < -0.3 is 10.4 Å². The molecule has 0 amide bonds. The van der Waals surface area contributed by atoms with Crippen LogP contribution in [0.1, 0.15) is 6.42 Å². The second-order valence-electron chi connectivity index (χ2n) is 3.54. The van der Waals surface area contributed by atoms with Crippen LogP contribution in [0.25, 0.3) is 0 Å². The Kier molecular flexibility index (Phi) is 2.61. The zero-order valence-electron chi connectivity index (χ0n) is 8.17. The van der Waals surface area contributed by atoms with Crippen LogP contribution in [0.15, 0.2) is 5.16 Å². The quantitative estimate of drug-likeness (QED) is 0.692. The Balaban J connectivity index is 2.08. The highest BCUT2D eigenvalue weighted by Crippen LogP contribution is 2.37. The van der Waals surface area contributed by atoms with E-state index < -0.39 is 5.97 Å². The summed E-state index contributed by atoms with van der Waals surface area (Å²) < 4.78 is 1.25. The minimum absolute atomic E-state index is 0.123. The van der Waals surface area contributed by atoms with Crippen LogP contribution in [0.2, 0.25) is 0 Å². The van der Waals surface area contributed by atoms with Crippen LogP contribution in [0.5, 0.6) is 0 Å². The van der Waals surface area contributed by atoms with Crippen molar-refractivity contribution in [2.75, 3.05) is 13.1 Å². The van der Waals surface area contributed by atoms with E-state index in [0.29, 0.717) is 18.2 Å². The third-order valence-electron chi connectivity index (χ3n) is 2.26. The summed E-state index contributed by atoms with van der Waals surface area (Å²) in [4.78, 5) is 10.7. The number of thioether (sulfide) groups is 1. The summed E-state index contributed by atoms with van der Waals surface area (Å²) in [5, 5.41) is 23.6. The van der Waals surface area contributed by atoms with Gasteiger partial charge in [-0.15, -0.1) is 5.10 Å². The number of rotatable bonds is 4. The monoisotopic (exact) mass is 229 g/mol. The topological polar surface area (TPSA) is 92.9 Å². The predicted molar refractivity (Wildman–Crippen MR) is 52.5 cm³/mol. The van der Waals surface area contributed by atoms with Crippen molar-refractivity contribution in [3.63, 3.8) is 0 Å². The van der Waals surface area contributed by atoms with E-state index in [1.54, 1.807) is 11.7 Å². The molecule has 2 rings (SSSR count). The van der Waals surface area contributed by atoms with Crippen molar-refractivity contribution in [1.82, 2.24) is 25.5 Å². The average Bonchev–Trinajstić information content (AvgIpc) is 2.47. The normalized spacial score (nSPS) is 18.5. The van der Waals surface area contributed by atoms with Gasteiger partial charge in [-0.2, -0.15) is 0 Å². The molecule has 0 saturated carbocycles.